The average Bonchev–Trinajstić information content (AvgIpc) is 2.90. The molecule has 1 saturated carbocycles. The van der Waals surface area contributed by atoms with Crippen LogP contribution in [0.2, 0.25) is 0 Å². The number of hydrogen-bond donors (Lipinski definition) is 1. The van der Waals surface area contributed by atoms with Crippen molar-refractivity contribution in [3.8, 4) is 0 Å². The predicted molar refractivity (Wildman–Crippen MR) is 62.5 cm³/mol. The van der Waals surface area contributed by atoms with E-state index >= 15 is 0 Å². The van der Waals surface area contributed by atoms with Crippen LogP contribution in [0.15, 0.2) is 0 Å². The number of hydrogen-bond acceptors (Lipinski definition) is 2. The molecule has 1 atom stereocenters. The minimum absolute atomic E-state index is 0.852. The maximum Gasteiger partial charge on any atom is 0.00963 e. The average molecular weight is 201 g/mol. The molecule has 0 aliphatic heterocycles. The minimum Gasteiger partial charge on any atom is -0.301 e. The monoisotopic (exact) mass is 201 g/mol. The Morgan fingerprint density at radius 2 is 2.08 bits per heavy atom. The maximum atomic E-state index is 4.27. The molecule has 0 aromatic rings. The Bertz CT molecular complexity index is 134. The molecule has 0 amide bonds. The summed E-state index contributed by atoms with van der Waals surface area (Å²) in [4.78, 5) is 2.63. The third-order valence-electron chi connectivity index (χ3n) is 3.00. The van der Waals surface area contributed by atoms with Crippen LogP contribution in [0, 0.1) is 5.92 Å². The quantitative estimate of drug-likeness (QED) is 0.620. The Kier molecular flexibility index (Phi) is 5.18. The van der Waals surface area contributed by atoms with Crippen LogP contribution in [0.4, 0.5) is 0 Å². The van der Waals surface area contributed by atoms with Gasteiger partial charge < -0.3 is 4.90 Å². The lowest BCUT2D eigenvalue weighted by molar-refractivity contribution is 0.256. The van der Waals surface area contributed by atoms with E-state index in [1.54, 1.807) is 0 Å². The van der Waals surface area contributed by atoms with Gasteiger partial charge in [-0.1, -0.05) is 13.8 Å². The third kappa shape index (κ3) is 4.37. The van der Waals surface area contributed by atoms with Gasteiger partial charge in [0.2, 0.25) is 0 Å². The van der Waals surface area contributed by atoms with Gasteiger partial charge in [0.1, 0.15) is 0 Å². The molecule has 0 heterocycles. The van der Waals surface area contributed by atoms with Gasteiger partial charge in [-0.3, -0.25) is 0 Å². The largest absolute Gasteiger partial charge is 0.301 e. The third-order valence-corrected chi connectivity index (χ3v) is 3.26. The van der Waals surface area contributed by atoms with E-state index in [1.165, 1.54) is 38.8 Å². The minimum atomic E-state index is 0.852. The van der Waals surface area contributed by atoms with Crippen LogP contribution in [-0.2, 0) is 0 Å². The molecule has 13 heavy (non-hydrogen) atoms. The van der Waals surface area contributed by atoms with Gasteiger partial charge in [0, 0.05) is 6.04 Å². The highest BCUT2D eigenvalue weighted by molar-refractivity contribution is 7.80. The summed E-state index contributed by atoms with van der Waals surface area (Å²) >= 11 is 4.27. The van der Waals surface area contributed by atoms with Gasteiger partial charge in [0.05, 0.1) is 0 Å². The zero-order valence-corrected chi connectivity index (χ0v) is 9.89. The van der Waals surface area contributed by atoms with E-state index in [-0.39, 0.29) is 0 Å². The van der Waals surface area contributed by atoms with Crippen LogP contribution in [0.3, 0.4) is 0 Å². The van der Waals surface area contributed by atoms with E-state index in [4.69, 9.17) is 0 Å². The zero-order valence-electron chi connectivity index (χ0n) is 9.00. The van der Waals surface area contributed by atoms with Crippen molar-refractivity contribution in [3.05, 3.63) is 0 Å². The fraction of sp³-hybridized carbons (Fsp3) is 1.00. The maximum absolute atomic E-state index is 4.27. The Hall–Kier alpha value is 0.310. The van der Waals surface area contributed by atoms with Crippen molar-refractivity contribution in [1.29, 1.82) is 0 Å². The van der Waals surface area contributed by atoms with Crippen LogP contribution in [0.25, 0.3) is 0 Å². The second kappa shape index (κ2) is 5.92. The fourth-order valence-electron chi connectivity index (χ4n) is 1.79. The Balaban J connectivity index is 2.07. The van der Waals surface area contributed by atoms with Gasteiger partial charge in [-0.25, -0.2) is 0 Å². The van der Waals surface area contributed by atoms with E-state index in [2.05, 4.69) is 31.4 Å². The van der Waals surface area contributed by atoms with Crippen LogP contribution in [0.5, 0.6) is 0 Å². The van der Waals surface area contributed by atoms with Gasteiger partial charge in [0.15, 0.2) is 0 Å². The molecule has 0 spiro atoms. The van der Waals surface area contributed by atoms with Gasteiger partial charge in [-0.15, -0.1) is 0 Å². The van der Waals surface area contributed by atoms with Gasteiger partial charge in [0.25, 0.3) is 0 Å². The van der Waals surface area contributed by atoms with Crippen molar-refractivity contribution < 1.29 is 0 Å². The smallest absolute Gasteiger partial charge is 0.00963 e. The normalized spacial score (nSPS) is 19.4. The first-order valence-electron chi connectivity index (χ1n) is 5.62. The van der Waals surface area contributed by atoms with E-state index in [9.17, 15) is 0 Å². The second-order valence-corrected chi connectivity index (χ2v) is 4.71. The van der Waals surface area contributed by atoms with E-state index in [0.29, 0.717) is 0 Å². The summed E-state index contributed by atoms with van der Waals surface area (Å²) in [5.74, 6) is 1.89. The predicted octanol–water partition coefficient (Wildman–Crippen LogP) is 2.82. The molecule has 0 aromatic carbocycles. The Labute approximate surface area is 88.3 Å². The standard InChI is InChI=1S/C11H23NS/c1-3-12(11-4-5-11)8-6-10(2)7-9-13/h10-11,13H,3-9H2,1-2H3. The number of nitrogens with zero attached hydrogens (tertiary/aromatic N) is 1. The molecule has 0 radical (unpaired) electrons. The fourth-order valence-corrected chi connectivity index (χ4v) is 2.23. The molecule has 1 rings (SSSR count). The zero-order chi connectivity index (χ0) is 9.68. The highest BCUT2D eigenvalue weighted by Crippen LogP contribution is 2.27. The van der Waals surface area contributed by atoms with Crippen LogP contribution < -0.4 is 0 Å². The molecular weight excluding hydrogens is 178 g/mol. The van der Waals surface area contributed by atoms with Crippen molar-refractivity contribution in [2.45, 2.75) is 45.6 Å². The topological polar surface area (TPSA) is 3.24 Å². The highest BCUT2D eigenvalue weighted by Gasteiger charge is 2.27. The van der Waals surface area contributed by atoms with Crippen molar-refractivity contribution >= 4 is 12.6 Å². The van der Waals surface area contributed by atoms with Crippen molar-refractivity contribution in [1.82, 2.24) is 4.90 Å². The van der Waals surface area contributed by atoms with Crippen molar-refractivity contribution in [2.24, 2.45) is 5.92 Å². The molecule has 1 fully saturated rings. The molecule has 78 valence electrons. The van der Waals surface area contributed by atoms with Crippen LogP contribution in [-0.4, -0.2) is 29.8 Å². The van der Waals surface area contributed by atoms with Gasteiger partial charge in [-0.05, 0) is 50.4 Å². The molecule has 0 aromatic heterocycles. The lowest BCUT2D eigenvalue weighted by Gasteiger charge is -2.21. The first kappa shape index (κ1) is 11.4. The van der Waals surface area contributed by atoms with Crippen molar-refractivity contribution in [2.75, 3.05) is 18.8 Å². The van der Waals surface area contributed by atoms with Crippen LogP contribution in [0.1, 0.15) is 39.5 Å². The number of rotatable bonds is 7. The molecule has 0 bridgehead atoms. The molecule has 2 heteroatoms. The summed E-state index contributed by atoms with van der Waals surface area (Å²) < 4.78 is 0. The molecule has 0 saturated heterocycles. The summed E-state index contributed by atoms with van der Waals surface area (Å²) in [5.41, 5.74) is 0. The van der Waals surface area contributed by atoms with Gasteiger partial charge >= 0.3 is 0 Å². The lowest BCUT2D eigenvalue weighted by Crippen LogP contribution is -2.27. The highest BCUT2D eigenvalue weighted by atomic mass is 32.1. The van der Waals surface area contributed by atoms with E-state index < -0.39 is 0 Å². The molecule has 1 aliphatic rings. The first-order valence-corrected chi connectivity index (χ1v) is 6.26. The van der Waals surface area contributed by atoms with E-state index in [0.717, 1.165) is 17.7 Å². The SMILES string of the molecule is CCN(CCC(C)CCS)C1CC1. The van der Waals surface area contributed by atoms with Gasteiger partial charge in [-0.2, -0.15) is 12.6 Å². The van der Waals surface area contributed by atoms with E-state index in [1.807, 2.05) is 0 Å². The summed E-state index contributed by atoms with van der Waals surface area (Å²) in [6.45, 7) is 7.16. The lowest BCUT2D eigenvalue weighted by atomic mass is 10.1. The number of thiol groups is 1. The molecule has 1 unspecified atom stereocenters. The Morgan fingerprint density at radius 1 is 1.38 bits per heavy atom. The molecule has 0 N–H and O–H groups in total. The molecular formula is C11H23NS. The van der Waals surface area contributed by atoms with Crippen molar-refractivity contribution in [3.63, 3.8) is 0 Å². The summed E-state index contributed by atoms with van der Waals surface area (Å²) in [7, 11) is 0. The summed E-state index contributed by atoms with van der Waals surface area (Å²) in [6.07, 6.45) is 5.50. The summed E-state index contributed by atoms with van der Waals surface area (Å²) in [6, 6.07) is 0.938. The van der Waals surface area contributed by atoms with Crippen LogP contribution >= 0.6 is 12.6 Å². The summed E-state index contributed by atoms with van der Waals surface area (Å²) in [5, 5.41) is 0. The molecule has 1 aliphatic carbocycles. The Morgan fingerprint density at radius 3 is 2.54 bits per heavy atom. The second-order valence-electron chi connectivity index (χ2n) is 4.27. The first-order chi connectivity index (χ1) is 6.27. The molecule has 1 nitrogen and oxygen atoms in total.